The van der Waals surface area contributed by atoms with Gasteiger partial charge in [0.1, 0.15) is 0 Å². The van der Waals surface area contributed by atoms with Crippen molar-refractivity contribution in [1.29, 1.82) is 0 Å². The van der Waals surface area contributed by atoms with Crippen molar-refractivity contribution in [3.8, 4) is 0 Å². The van der Waals surface area contributed by atoms with Crippen molar-refractivity contribution >= 4 is 22.9 Å². The van der Waals surface area contributed by atoms with Gasteiger partial charge < -0.3 is 10.0 Å². The maximum Gasteiger partial charge on any atom is 0.227 e. The van der Waals surface area contributed by atoms with E-state index in [9.17, 15) is 9.90 Å². The topological polar surface area (TPSA) is 43.8 Å². The van der Waals surface area contributed by atoms with Crippen molar-refractivity contribution in [1.82, 2.24) is 4.90 Å². The number of aliphatic hydroxyl groups is 1. The zero-order valence-corrected chi connectivity index (χ0v) is 15.2. The number of fused-ring (bicyclic) bond motifs is 2. The lowest BCUT2D eigenvalue weighted by Crippen LogP contribution is -2.50. The van der Waals surface area contributed by atoms with E-state index in [2.05, 4.69) is 34.5 Å². The van der Waals surface area contributed by atoms with E-state index >= 15 is 0 Å². The number of piperidine rings is 1. The molecule has 2 aliphatic rings. The molecule has 0 saturated carbocycles. The minimum absolute atomic E-state index is 0.00165. The summed E-state index contributed by atoms with van der Waals surface area (Å²) in [4.78, 5) is 18.4. The Balaban J connectivity index is 1.56. The molecule has 1 spiro atoms. The third-order valence-corrected chi connectivity index (χ3v) is 6.51. The van der Waals surface area contributed by atoms with Crippen molar-refractivity contribution in [3.05, 3.63) is 52.2 Å². The van der Waals surface area contributed by atoms with Crippen molar-refractivity contribution in [2.24, 2.45) is 0 Å². The van der Waals surface area contributed by atoms with E-state index in [4.69, 9.17) is 0 Å². The van der Waals surface area contributed by atoms with E-state index in [1.54, 1.807) is 4.90 Å². The number of amides is 1. The molecule has 0 radical (unpaired) electrons. The molecule has 1 fully saturated rings. The van der Waals surface area contributed by atoms with Crippen LogP contribution in [0.1, 0.15) is 29.7 Å². The van der Waals surface area contributed by atoms with Gasteiger partial charge in [-0.2, -0.15) is 0 Å². The number of carbonyl (C=O) groups is 1. The summed E-state index contributed by atoms with van der Waals surface area (Å²) in [5.74, 6) is 0.152. The number of benzene rings is 1. The van der Waals surface area contributed by atoms with Crippen LogP contribution >= 0.6 is 11.3 Å². The van der Waals surface area contributed by atoms with Gasteiger partial charge in [-0.05, 0) is 49.0 Å². The Bertz CT molecular complexity index is 736. The lowest BCUT2D eigenvalue weighted by Gasteiger charge is -2.47. The summed E-state index contributed by atoms with van der Waals surface area (Å²) in [6.07, 6.45) is 2.61. The Morgan fingerprint density at radius 3 is 2.64 bits per heavy atom. The first kappa shape index (κ1) is 16.8. The van der Waals surface area contributed by atoms with Crippen LogP contribution in [0.25, 0.3) is 0 Å². The van der Waals surface area contributed by atoms with E-state index in [1.807, 2.05) is 23.5 Å². The van der Waals surface area contributed by atoms with E-state index < -0.39 is 0 Å². The third-order valence-electron chi connectivity index (χ3n) is 5.65. The first-order valence-electron chi connectivity index (χ1n) is 8.97. The van der Waals surface area contributed by atoms with E-state index in [0.717, 1.165) is 38.2 Å². The molecule has 25 heavy (non-hydrogen) atoms. The summed E-state index contributed by atoms with van der Waals surface area (Å²) in [6.45, 7) is 3.46. The van der Waals surface area contributed by atoms with Crippen molar-refractivity contribution in [2.75, 3.05) is 31.1 Å². The van der Waals surface area contributed by atoms with Gasteiger partial charge in [-0.1, -0.05) is 24.3 Å². The van der Waals surface area contributed by atoms with Crippen LogP contribution in [-0.4, -0.2) is 42.2 Å². The van der Waals surface area contributed by atoms with Crippen LogP contribution in [0.15, 0.2) is 41.8 Å². The van der Waals surface area contributed by atoms with Gasteiger partial charge in [0.15, 0.2) is 0 Å². The molecule has 0 unspecified atom stereocenters. The molecule has 1 saturated heterocycles. The number of para-hydroxylation sites is 1. The zero-order chi connectivity index (χ0) is 17.3. The van der Waals surface area contributed by atoms with Gasteiger partial charge in [-0.15, -0.1) is 11.3 Å². The summed E-state index contributed by atoms with van der Waals surface area (Å²) >= 11 is 1.81. The number of β-amino-alcohol motifs (C(OH)–C–C–N with tert-alkyl or cyclic N) is 1. The molecule has 2 aromatic rings. The molecule has 4 nitrogen and oxygen atoms in total. The highest BCUT2D eigenvalue weighted by Gasteiger charge is 2.44. The molecular weight excluding hydrogens is 332 g/mol. The minimum Gasteiger partial charge on any atom is -0.395 e. The summed E-state index contributed by atoms with van der Waals surface area (Å²) in [5.41, 5.74) is 2.25. The Morgan fingerprint density at radius 1 is 1.12 bits per heavy atom. The molecule has 1 amide bonds. The Kier molecular flexibility index (Phi) is 4.63. The molecule has 1 aromatic heterocycles. The summed E-state index contributed by atoms with van der Waals surface area (Å²) < 4.78 is 0. The molecule has 0 aliphatic carbocycles. The Hall–Kier alpha value is -1.69. The molecule has 1 aromatic carbocycles. The lowest BCUT2D eigenvalue weighted by atomic mass is 9.67. The van der Waals surface area contributed by atoms with Crippen LogP contribution in [0, 0.1) is 0 Å². The van der Waals surface area contributed by atoms with Gasteiger partial charge in [-0.25, -0.2) is 0 Å². The van der Waals surface area contributed by atoms with Crippen LogP contribution in [0.5, 0.6) is 0 Å². The van der Waals surface area contributed by atoms with Crippen LogP contribution in [-0.2, 0) is 16.8 Å². The highest BCUT2D eigenvalue weighted by Crippen LogP contribution is 2.47. The quantitative estimate of drug-likeness (QED) is 0.916. The van der Waals surface area contributed by atoms with Crippen molar-refractivity contribution < 1.29 is 9.90 Å². The van der Waals surface area contributed by atoms with Crippen LogP contribution < -0.4 is 4.90 Å². The molecule has 0 atom stereocenters. The van der Waals surface area contributed by atoms with Crippen molar-refractivity contribution in [3.63, 3.8) is 0 Å². The first-order valence-corrected chi connectivity index (χ1v) is 9.85. The van der Waals surface area contributed by atoms with Gasteiger partial charge in [-0.3, -0.25) is 9.69 Å². The van der Waals surface area contributed by atoms with E-state index in [1.165, 1.54) is 10.4 Å². The molecule has 4 rings (SSSR count). The average molecular weight is 356 g/mol. The number of rotatable bonds is 4. The van der Waals surface area contributed by atoms with Crippen LogP contribution in [0.4, 0.5) is 5.69 Å². The summed E-state index contributed by atoms with van der Waals surface area (Å²) in [5, 5.41) is 11.5. The first-order chi connectivity index (χ1) is 12.2. The van der Waals surface area contributed by atoms with Gasteiger partial charge >= 0.3 is 0 Å². The fourth-order valence-electron chi connectivity index (χ4n) is 4.33. The van der Waals surface area contributed by atoms with Gasteiger partial charge in [0.25, 0.3) is 0 Å². The predicted molar refractivity (Wildman–Crippen MR) is 101 cm³/mol. The SMILES string of the molecule is O=C1CC2(CCN(Cc3cccs3)CC2)c2ccccc2N1CCO. The highest BCUT2D eigenvalue weighted by molar-refractivity contribution is 7.09. The molecule has 5 heteroatoms. The molecule has 132 valence electrons. The Morgan fingerprint density at radius 2 is 1.92 bits per heavy atom. The molecule has 2 aliphatic heterocycles. The number of aliphatic hydroxyl groups excluding tert-OH is 1. The number of hydrogen-bond acceptors (Lipinski definition) is 4. The summed E-state index contributed by atoms with van der Waals surface area (Å²) in [7, 11) is 0. The molecule has 1 N–H and O–H groups in total. The number of anilines is 1. The number of hydrogen-bond donors (Lipinski definition) is 1. The van der Waals surface area contributed by atoms with E-state index in [0.29, 0.717) is 13.0 Å². The van der Waals surface area contributed by atoms with Gasteiger partial charge in [0, 0.05) is 35.5 Å². The molecule has 3 heterocycles. The van der Waals surface area contributed by atoms with Crippen LogP contribution in [0.2, 0.25) is 0 Å². The smallest absolute Gasteiger partial charge is 0.227 e. The van der Waals surface area contributed by atoms with E-state index in [-0.39, 0.29) is 17.9 Å². The second kappa shape index (κ2) is 6.90. The maximum atomic E-state index is 12.8. The third kappa shape index (κ3) is 3.12. The number of nitrogens with zero attached hydrogens (tertiary/aromatic N) is 2. The average Bonchev–Trinajstić information content (AvgIpc) is 3.14. The summed E-state index contributed by atoms with van der Waals surface area (Å²) in [6, 6.07) is 12.6. The molecular formula is C20H24N2O2S. The predicted octanol–water partition coefficient (Wildman–Crippen LogP) is 3.01. The number of carbonyl (C=O) groups excluding carboxylic acids is 1. The zero-order valence-electron chi connectivity index (χ0n) is 14.4. The maximum absolute atomic E-state index is 12.8. The fraction of sp³-hybridized carbons (Fsp3) is 0.450. The second-order valence-electron chi connectivity index (χ2n) is 7.10. The standard InChI is InChI=1S/C20H24N2O2S/c23-12-11-22-18-6-2-1-5-17(18)20(14-19(22)24)7-9-21(10-8-20)15-16-4-3-13-25-16/h1-6,13,23H,7-12,14-15H2. The second-order valence-corrected chi connectivity index (χ2v) is 8.13. The molecule has 0 bridgehead atoms. The number of likely N-dealkylation sites (tertiary alicyclic amines) is 1. The largest absolute Gasteiger partial charge is 0.395 e. The lowest BCUT2D eigenvalue weighted by molar-refractivity contribution is -0.121. The van der Waals surface area contributed by atoms with Crippen molar-refractivity contribution in [2.45, 2.75) is 31.2 Å². The normalized spacial score (nSPS) is 20.0. The monoisotopic (exact) mass is 356 g/mol. The van der Waals surface area contributed by atoms with Crippen LogP contribution in [0.3, 0.4) is 0 Å². The Labute approximate surface area is 152 Å². The van der Waals surface area contributed by atoms with Gasteiger partial charge in [0.2, 0.25) is 5.91 Å². The van der Waals surface area contributed by atoms with Gasteiger partial charge in [0.05, 0.1) is 6.61 Å². The minimum atomic E-state index is -0.0361. The highest BCUT2D eigenvalue weighted by atomic mass is 32.1. The number of thiophene rings is 1. The fourth-order valence-corrected chi connectivity index (χ4v) is 5.07.